The molecule has 30 heavy (non-hydrogen) atoms. The van der Waals surface area contributed by atoms with E-state index in [1.807, 2.05) is 30.3 Å². The monoisotopic (exact) mass is 437 g/mol. The van der Waals surface area contributed by atoms with Crippen molar-refractivity contribution in [3.05, 3.63) is 81.1 Å². The SMILES string of the molecule is O=[N+]([O-])c1c(NCCc2ccccc2)ncnc1Nc1ccc(Cl)c(C(F)(F)F)c1. The first-order chi connectivity index (χ1) is 14.3. The smallest absolute Gasteiger partial charge is 0.364 e. The summed E-state index contributed by atoms with van der Waals surface area (Å²) >= 11 is 5.61. The minimum Gasteiger partial charge on any atom is -0.364 e. The molecule has 0 spiro atoms. The van der Waals surface area contributed by atoms with Gasteiger partial charge in [0.1, 0.15) is 6.33 Å². The number of aromatic nitrogens is 2. The highest BCUT2D eigenvalue weighted by Gasteiger charge is 2.33. The fraction of sp³-hybridized carbons (Fsp3) is 0.158. The molecular formula is C19H15ClF3N5O2. The number of hydrogen-bond donors (Lipinski definition) is 2. The van der Waals surface area contributed by atoms with Gasteiger partial charge in [0.25, 0.3) is 0 Å². The van der Waals surface area contributed by atoms with Crippen LogP contribution in [0.15, 0.2) is 54.9 Å². The molecule has 1 heterocycles. The topological polar surface area (TPSA) is 93.0 Å². The van der Waals surface area contributed by atoms with E-state index in [4.69, 9.17) is 11.6 Å². The van der Waals surface area contributed by atoms with Crippen LogP contribution in [-0.4, -0.2) is 21.4 Å². The Morgan fingerprint density at radius 1 is 1.07 bits per heavy atom. The lowest BCUT2D eigenvalue weighted by molar-refractivity contribution is -0.383. The van der Waals surface area contributed by atoms with Crippen LogP contribution in [0, 0.1) is 10.1 Å². The molecule has 0 radical (unpaired) electrons. The molecule has 0 saturated heterocycles. The Hall–Kier alpha value is -3.40. The number of nitrogens with one attached hydrogen (secondary N) is 2. The molecule has 0 saturated carbocycles. The summed E-state index contributed by atoms with van der Waals surface area (Å²) in [6.45, 7) is 0.362. The van der Waals surface area contributed by atoms with Gasteiger partial charge in [0.15, 0.2) is 0 Å². The van der Waals surface area contributed by atoms with Crippen LogP contribution in [0.1, 0.15) is 11.1 Å². The number of halogens is 4. The Morgan fingerprint density at radius 2 is 1.77 bits per heavy atom. The van der Waals surface area contributed by atoms with Crippen LogP contribution in [-0.2, 0) is 12.6 Å². The largest absolute Gasteiger partial charge is 0.417 e. The Morgan fingerprint density at radius 3 is 2.43 bits per heavy atom. The zero-order valence-corrected chi connectivity index (χ0v) is 16.0. The van der Waals surface area contributed by atoms with E-state index in [-0.39, 0.29) is 17.3 Å². The van der Waals surface area contributed by atoms with E-state index in [1.165, 1.54) is 6.07 Å². The summed E-state index contributed by atoms with van der Waals surface area (Å²) in [7, 11) is 0. The number of benzene rings is 2. The van der Waals surface area contributed by atoms with Crippen molar-refractivity contribution in [2.75, 3.05) is 17.2 Å². The van der Waals surface area contributed by atoms with E-state index in [2.05, 4.69) is 20.6 Å². The number of hydrogen-bond acceptors (Lipinski definition) is 6. The maximum Gasteiger partial charge on any atom is 0.417 e. The fourth-order valence-electron chi connectivity index (χ4n) is 2.70. The third-order valence-electron chi connectivity index (χ3n) is 4.09. The average molecular weight is 438 g/mol. The van der Waals surface area contributed by atoms with Crippen LogP contribution < -0.4 is 10.6 Å². The van der Waals surface area contributed by atoms with Gasteiger partial charge in [-0.15, -0.1) is 0 Å². The lowest BCUT2D eigenvalue weighted by atomic mass is 10.1. The normalized spacial score (nSPS) is 11.2. The number of nitro groups is 1. The number of alkyl halides is 3. The van der Waals surface area contributed by atoms with Crippen molar-refractivity contribution in [1.29, 1.82) is 0 Å². The standard InChI is InChI=1S/C19H15ClF3N5O2/c20-15-7-6-13(10-14(15)19(21,22)23)27-18-16(28(29)30)17(25-11-26-18)24-9-8-12-4-2-1-3-5-12/h1-7,10-11H,8-9H2,(H2,24,25,26,27). The molecular weight excluding hydrogens is 423 g/mol. The highest BCUT2D eigenvalue weighted by Crippen LogP contribution is 2.38. The van der Waals surface area contributed by atoms with E-state index in [0.29, 0.717) is 13.0 Å². The first-order valence-corrected chi connectivity index (χ1v) is 9.04. The molecule has 3 aromatic rings. The van der Waals surface area contributed by atoms with Gasteiger partial charge >= 0.3 is 11.9 Å². The summed E-state index contributed by atoms with van der Waals surface area (Å²) in [4.78, 5) is 18.6. The summed E-state index contributed by atoms with van der Waals surface area (Å²) in [5.41, 5.74) is -0.564. The quantitative estimate of drug-likeness (QED) is 0.377. The summed E-state index contributed by atoms with van der Waals surface area (Å²) in [6, 6.07) is 12.6. The summed E-state index contributed by atoms with van der Waals surface area (Å²) < 4.78 is 39.2. The molecule has 1 aromatic heterocycles. The molecule has 0 fully saturated rings. The minimum atomic E-state index is -4.67. The van der Waals surface area contributed by atoms with Crippen LogP contribution in [0.2, 0.25) is 5.02 Å². The van der Waals surface area contributed by atoms with E-state index in [0.717, 1.165) is 24.0 Å². The third-order valence-corrected chi connectivity index (χ3v) is 4.42. The number of anilines is 3. The van der Waals surface area contributed by atoms with Crippen LogP contribution in [0.3, 0.4) is 0 Å². The van der Waals surface area contributed by atoms with Gasteiger partial charge in [-0.1, -0.05) is 41.9 Å². The number of nitrogens with zero attached hydrogens (tertiary/aromatic N) is 3. The fourth-order valence-corrected chi connectivity index (χ4v) is 2.92. The van der Waals surface area contributed by atoms with Gasteiger partial charge in [0.2, 0.25) is 11.6 Å². The van der Waals surface area contributed by atoms with Gasteiger partial charge in [-0.25, -0.2) is 9.97 Å². The van der Waals surface area contributed by atoms with E-state index < -0.39 is 27.4 Å². The van der Waals surface area contributed by atoms with Crippen molar-refractivity contribution in [2.24, 2.45) is 0 Å². The van der Waals surface area contributed by atoms with Crippen molar-refractivity contribution in [2.45, 2.75) is 12.6 Å². The molecule has 156 valence electrons. The molecule has 0 aliphatic carbocycles. The van der Waals surface area contributed by atoms with Crippen LogP contribution in [0.4, 0.5) is 36.2 Å². The highest BCUT2D eigenvalue weighted by atomic mass is 35.5. The molecule has 0 aliphatic rings. The van der Waals surface area contributed by atoms with Gasteiger partial charge < -0.3 is 10.6 Å². The number of rotatable bonds is 7. The Balaban J connectivity index is 1.83. The average Bonchev–Trinajstić information content (AvgIpc) is 2.69. The van der Waals surface area contributed by atoms with Crippen molar-refractivity contribution in [3.8, 4) is 0 Å². The summed E-state index contributed by atoms with van der Waals surface area (Å²) in [6.07, 6.45) is -2.99. The third kappa shape index (κ3) is 5.15. The van der Waals surface area contributed by atoms with Crippen molar-refractivity contribution in [1.82, 2.24) is 9.97 Å². The zero-order valence-electron chi connectivity index (χ0n) is 15.3. The Kier molecular flexibility index (Phi) is 6.36. The van der Waals surface area contributed by atoms with Crippen molar-refractivity contribution >= 4 is 34.6 Å². The lowest BCUT2D eigenvalue weighted by Crippen LogP contribution is -2.11. The van der Waals surface area contributed by atoms with Gasteiger partial charge in [-0.05, 0) is 30.2 Å². The molecule has 0 aliphatic heterocycles. The maximum atomic E-state index is 13.1. The van der Waals surface area contributed by atoms with Gasteiger partial charge in [0.05, 0.1) is 15.5 Å². The van der Waals surface area contributed by atoms with Crippen LogP contribution >= 0.6 is 11.6 Å². The van der Waals surface area contributed by atoms with E-state index >= 15 is 0 Å². The second-order valence-corrected chi connectivity index (χ2v) is 6.56. The first-order valence-electron chi connectivity index (χ1n) is 8.66. The Labute approximate surface area is 174 Å². The molecule has 11 heteroatoms. The molecule has 0 unspecified atom stereocenters. The molecule has 2 aromatic carbocycles. The molecule has 2 N–H and O–H groups in total. The highest BCUT2D eigenvalue weighted by molar-refractivity contribution is 6.31. The molecule has 0 atom stereocenters. The van der Waals surface area contributed by atoms with Gasteiger partial charge in [0, 0.05) is 12.2 Å². The minimum absolute atomic E-state index is 0.0431. The Bertz CT molecular complexity index is 1050. The molecule has 7 nitrogen and oxygen atoms in total. The molecule has 3 rings (SSSR count). The maximum absolute atomic E-state index is 13.1. The van der Waals surface area contributed by atoms with Crippen LogP contribution in [0.25, 0.3) is 0 Å². The molecule has 0 bridgehead atoms. The van der Waals surface area contributed by atoms with Crippen molar-refractivity contribution in [3.63, 3.8) is 0 Å². The molecule has 0 amide bonds. The van der Waals surface area contributed by atoms with Crippen LogP contribution in [0.5, 0.6) is 0 Å². The van der Waals surface area contributed by atoms with Gasteiger partial charge in [-0.3, -0.25) is 10.1 Å². The summed E-state index contributed by atoms with van der Waals surface area (Å²) in [5.74, 6) is -0.286. The lowest BCUT2D eigenvalue weighted by Gasteiger charge is -2.13. The van der Waals surface area contributed by atoms with Gasteiger partial charge in [-0.2, -0.15) is 13.2 Å². The predicted molar refractivity (Wildman–Crippen MR) is 107 cm³/mol. The van der Waals surface area contributed by atoms with E-state index in [9.17, 15) is 23.3 Å². The second-order valence-electron chi connectivity index (χ2n) is 6.16. The van der Waals surface area contributed by atoms with E-state index in [1.54, 1.807) is 0 Å². The van der Waals surface area contributed by atoms with Crippen molar-refractivity contribution < 1.29 is 18.1 Å². The zero-order chi connectivity index (χ0) is 21.7. The second kappa shape index (κ2) is 8.95. The summed E-state index contributed by atoms with van der Waals surface area (Å²) in [5, 5.41) is 16.5. The first kappa shape index (κ1) is 21.3. The predicted octanol–water partition coefficient (Wildman–Crippen LogP) is 5.46.